The zero-order valence-electron chi connectivity index (χ0n) is 19.1. The molecule has 6 heteroatoms. The Labute approximate surface area is 196 Å². The Kier molecular flexibility index (Phi) is 6.22. The predicted molar refractivity (Wildman–Crippen MR) is 135 cm³/mol. The fourth-order valence-corrected chi connectivity index (χ4v) is 5.26. The molecule has 32 heavy (non-hydrogen) atoms. The number of piperazine rings is 1. The van der Waals surface area contributed by atoms with Gasteiger partial charge in [-0.2, -0.15) is 0 Å². The van der Waals surface area contributed by atoms with Crippen molar-refractivity contribution in [3.8, 4) is 0 Å². The van der Waals surface area contributed by atoms with Gasteiger partial charge in [-0.1, -0.05) is 11.6 Å². The lowest BCUT2D eigenvalue weighted by Gasteiger charge is -2.37. The Morgan fingerprint density at radius 1 is 0.969 bits per heavy atom. The molecule has 0 unspecified atom stereocenters. The number of benzene rings is 2. The Balaban J connectivity index is 1.50. The van der Waals surface area contributed by atoms with Crippen LogP contribution in [0.5, 0.6) is 0 Å². The Bertz CT molecular complexity index is 1100. The topological polar surface area (TPSA) is 34.6 Å². The van der Waals surface area contributed by atoms with E-state index < -0.39 is 0 Å². The largest absolute Gasteiger partial charge is 0.368 e. The highest BCUT2D eigenvalue weighted by molar-refractivity contribution is 6.31. The number of pyridine rings is 1. The summed E-state index contributed by atoms with van der Waals surface area (Å²) < 4.78 is 0. The first-order valence-electron chi connectivity index (χ1n) is 11.7. The van der Waals surface area contributed by atoms with E-state index in [0.29, 0.717) is 5.02 Å². The standard InChI is InChI=1S/C26H32ClN5/c1-19-15-22(29-24-7-8-28-25-17-21(27)5-6-23(24)25)16-20(18-31-9-3-4-10-31)26(19)32-13-11-30(2)12-14-32/h5-8,15-17H,3-4,9-14,18H2,1-2H3,(H,28,29). The lowest BCUT2D eigenvalue weighted by Crippen LogP contribution is -2.45. The lowest BCUT2D eigenvalue weighted by atomic mass is 10.0. The van der Waals surface area contributed by atoms with E-state index >= 15 is 0 Å². The number of aryl methyl sites for hydroxylation is 1. The first-order valence-corrected chi connectivity index (χ1v) is 12.1. The quantitative estimate of drug-likeness (QED) is 0.572. The SMILES string of the molecule is Cc1cc(Nc2ccnc3cc(Cl)ccc23)cc(CN2CCCC2)c1N1CCN(C)CC1. The van der Waals surface area contributed by atoms with Crippen LogP contribution in [0, 0.1) is 6.92 Å². The molecule has 5 nitrogen and oxygen atoms in total. The third kappa shape index (κ3) is 4.56. The number of nitrogens with one attached hydrogen (secondary N) is 1. The highest BCUT2D eigenvalue weighted by Gasteiger charge is 2.22. The highest BCUT2D eigenvalue weighted by atomic mass is 35.5. The molecule has 0 spiro atoms. The molecule has 2 saturated heterocycles. The van der Waals surface area contributed by atoms with E-state index in [0.717, 1.165) is 55.0 Å². The summed E-state index contributed by atoms with van der Waals surface area (Å²) >= 11 is 6.18. The Morgan fingerprint density at radius 2 is 1.75 bits per heavy atom. The molecule has 0 aliphatic carbocycles. The summed E-state index contributed by atoms with van der Waals surface area (Å²) in [5, 5.41) is 5.47. The van der Waals surface area contributed by atoms with E-state index in [1.165, 1.54) is 42.7 Å². The van der Waals surface area contributed by atoms with Crippen LogP contribution in [0.25, 0.3) is 10.9 Å². The Hall–Kier alpha value is -2.34. The van der Waals surface area contributed by atoms with E-state index in [4.69, 9.17) is 11.6 Å². The van der Waals surface area contributed by atoms with Crippen LogP contribution in [0.15, 0.2) is 42.6 Å². The molecule has 168 valence electrons. The summed E-state index contributed by atoms with van der Waals surface area (Å²) in [7, 11) is 2.22. The molecule has 5 rings (SSSR count). The molecule has 1 N–H and O–H groups in total. The molecule has 0 amide bonds. The predicted octanol–water partition coefficient (Wildman–Crippen LogP) is 5.29. The summed E-state index contributed by atoms with van der Waals surface area (Å²) in [6.07, 6.45) is 4.47. The molecule has 2 aromatic carbocycles. The van der Waals surface area contributed by atoms with Crippen LogP contribution < -0.4 is 10.2 Å². The summed E-state index contributed by atoms with van der Waals surface area (Å²) in [5.41, 5.74) is 7.31. The average molecular weight is 450 g/mol. The summed E-state index contributed by atoms with van der Waals surface area (Å²) in [4.78, 5) is 12.1. The number of halogens is 1. The molecule has 3 heterocycles. The first kappa shape index (κ1) is 21.5. The second-order valence-corrected chi connectivity index (χ2v) is 9.66. The third-order valence-corrected chi connectivity index (χ3v) is 7.01. The van der Waals surface area contributed by atoms with Crippen molar-refractivity contribution in [1.82, 2.24) is 14.8 Å². The monoisotopic (exact) mass is 449 g/mol. The maximum atomic E-state index is 6.18. The van der Waals surface area contributed by atoms with Crippen molar-refractivity contribution < 1.29 is 0 Å². The lowest BCUT2D eigenvalue weighted by molar-refractivity contribution is 0.310. The normalized spacial score (nSPS) is 17.9. The number of hydrogen-bond donors (Lipinski definition) is 1. The van der Waals surface area contributed by atoms with Gasteiger partial charge >= 0.3 is 0 Å². The van der Waals surface area contributed by atoms with Gasteiger partial charge in [-0.25, -0.2) is 0 Å². The van der Waals surface area contributed by atoms with Gasteiger partial charge < -0.3 is 15.1 Å². The third-order valence-electron chi connectivity index (χ3n) is 6.78. The van der Waals surface area contributed by atoms with Gasteiger partial charge in [0.05, 0.1) is 5.52 Å². The number of fused-ring (bicyclic) bond motifs is 1. The van der Waals surface area contributed by atoms with Crippen molar-refractivity contribution in [3.05, 3.63) is 58.7 Å². The number of aromatic nitrogens is 1. The number of nitrogens with zero attached hydrogens (tertiary/aromatic N) is 4. The van der Waals surface area contributed by atoms with Crippen molar-refractivity contribution in [2.75, 3.05) is 56.5 Å². The van der Waals surface area contributed by atoms with Gasteiger partial charge in [-0.05, 0) is 87.4 Å². The summed E-state index contributed by atoms with van der Waals surface area (Å²) in [6.45, 7) is 10.1. The van der Waals surface area contributed by atoms with Gasteiger partial charge in [0.2, 0.25) is 0 Å². The minimum absolute atomic E-state index is 0.711. The van der Waals surface area contributed by atoms with Crippen LogP contribution in [0.3, 0.4) is 0 Å². The van der Waals surface area contributed by atoms with Crippen LogP contribution in [0.2, 0.25) is 5.02 Å². The van der Waals surface area contributed by atoms with E-state index in [1.807, 2.05) is 30.5 Å². The maximum Gasteiger partial charge on any atom is 0.0737 e. The fraction of sp³-hybridized carbons (Fsp3) is 0.423. The number of likely N-dealkylation sites (tertiary alicyclic amines) is 1. The molecular weight excluding hydrogens is 418 g/mol. The van der Waals surface area contributed by atoms with Crippen LogP contribution in [0.1, 0.15) is 24.0 Å². The zero-order valence-corrected chi connectivity index (χ0v) is 19.8. The second kappa shape index (κ2) is 9.26. The summed E-state index contributed by atoms with van der Waals surface area (Å²) in [5.74, 6) is 0. The van der Waals surface area contributed by atoms with Crippen molar-refractivity contribution >= 4 is 39.6 Å². The van der Waals surface area contributed by atoms with Gasteiger partial charge in [0, 0.05) is 66.4 Å². The number of anilines is 3. The van der Waals surface area contributed by atoms with Gasteiger partial charge in [-0.15, -0.1) is 0 Å². The van der Waals surface area contributed by atoms with Gasteiger partial charge in [0.15, 0.2) is 0 Å². The Morgan fingerprint density at radius 3 is 2.53 bits per heavy atom. The van der Waals surface area contributed by atoms with Crippen molar-refractivity contribution in [2.45, 2.75) is 26.3 Å². The van der Waals surface area contributed by atoms with Crippen molar-refractivity contribution in [2.24, 2.45) is 0 Å². The molecule has 0 saturated carbocycles. The molecule has 0 bridgehead atoms. The van der Waals surface area contributed by atoms with Crippen LogP contribution in [-0.2, 0) is 6.54 Å². The molecule has 3 aromatic rings. The molecule has 1 aromatic heterocycles. The molecule has 0 radical (unpaired) electrons. The second-order valence-electron chi connectivity index (χ2n) is 9.22. The maximum absolute atomic E-state index is 6.18. The highest BCUT2D eigenvalue weighted by Crippen LogP contribution is 2.34. The van der Waals surface area contributed by atoms with Crippen LogP contribution in [0.4, 0.5) is 17.1 Å². The molecule has 0 atom stereocenters. The minimum atomic E-state index is 0.711. The van der Waals surface area contributed by atoms with Crippen LogP contribution >= 0.6 is 11.6 Å². The number of rotatable bonds is 5. The number of likely N-dealkylation sites (N-methyl/N-ethyl adjacent to an activating group) is 1. The number of hydrogen-bond acceptors (Lipinski definition) is 5. The fourth-order valence-electron chi connectivity index (χ4n) is 5.10. The van der Waals surface area contributed by atoms with Gasteiger partial charge in [0.25, 0.3) is 0 Å². The zero-order chi connectivity index (χ0) is 22.1. The average Bonchev–Trinajstić information content (AvgIpc) is 3.28. The smallest absolute Gasteiger partial charge is 0.0737 e. The summed E-state index contributed by atoms with van der Waals surface area (Å²) in [6, 6.07) is 12.6. The van der Waals surface area contributed by atoms with Gasteiger partial charge in [0.1, 0.15) is 0 Å². The van der Waals surface area contributed by atoms with E-state index in [-0.39, 0.29) is 0 Å². The first-order chi connectivity index (χ1) is 15.6. The molecule has 2 fully saturated rings. The van der Waals surface area contributed by atoms with E-state index in [9.17, 15) is 0 Å². The molecular formula is C26H32ClN5. The van der Waals surface area contributed by atoms with Crippen molar-refractivity contribution in [1.29, 1.82) is 0 Å². The van der Waals surface area contributed by atoms with Gasteiger partial charge in [-0.3, -0.25) is 9.88 Å². The molecule has 2 aliphatic heterocycles. The van der Waals surface area contributed by atoms with Crippen molar-refractivity contribution in [3.63, 3.8) is 0 Å². The molecule has 2 aliphatic rings. The van der Waals surface area contributed by atoms with E-state index in [1.54, 1.807) is 0 Å². The van der Waals surface area contributed by atoms with E-state index in [2.05, 4.69) is 51.1 Å². The van der Waals surface area contributed by atoms with Crippen LogP contribution in [-0.4, -0.2) is 61.1 Å². The minimum Gasteiger partial charge on any atom is -0.368 e.